The second-order valence-corrected chi connectivity index (χ2v) is 7.23. The minimum Gasteiger partial charge on any atom is -0.490 e. The van der Waals surface area contributed by atoms with E-state index in [1.165, 1.54) is 13.3 Å². The van der Waals surface area contributed by atoms with Crippen LogP contribution >= 0.6 is 0 Å². The van der Waals surface area contributed by atoms with Gasteiger partial charge in [-0.1, -0.05) is 61.9 Å². The highest BCUT2D eigenvalue weighted by atomic mass is 16.5. The summed E-state index contributed by atoms with van der Waals surface area (Å²) < 4.78 is 6.90. The van der Waals surface area contributed by atoms with Crippen LogP contribution in [0.5, 0.6) is 5.75 Å². The van der Waals surface area contributed by atoms with Crippen LogP contribution in [0.15, 0.2) is 59.5 Å². The van der Waals surface area contributed by atoms with Crippen LogP contribution in [-0.2, 0) is 13.0 Å². The van der Waals surface area contributed by atoms with Crippen molar-refractivity contribution in [2.45, 2.75) is 32.7 Å². The van der Waals surface area contributed by atoms with Crippen molar-refractivity contribution in [3.8, 4) is 28.3 Å². The summed E-state index contributed by atoms with van der Waals surface area (Å²) in [6, 6.07) is 16.1. The minimum atomic E-state index is -0.157. The molecule has 2 aromatic heterocycles. The first-order valence-corrected chi connectivity index (χ1v) is 10.3. The van der Waals surface area contributed by atoms with Crippen LogP contribution in [0.3, 0.4) is 0 Å². The van der Waals surface area contributed by atoms with Gasteiger partial charge in [-0.15, -0.1) is 5.10 Å². The molecule has 0 unspecified atom stereocenters. The number of unbranched alkanes of at least 4 members (excludes halogenated alkanes) is 1. The molecule has 0 aliphatic heterocycles. The van der Waals surface area contributed by atoms with Gasteiger partial charge in [-0.25, -0.2) is 10.1 Å². The molecule has 8 heteroatoms. The number of H-pyrrole nitrogens is 1. The van der Waals surface area contributed by atoms with E-state index in [1.807, 2.05) is 48.5 Å². The van der Waals surface area contributed by atoms with E-state index >= 15 is 0 Å². The molecule has 4 rings (SSSR count). The van der Waals surface area contributed by atoms with Crippen molar-refractivity contribution in [3.63, 3.8) is 0 Å². The summed E-state index contributed by atoms with van der Waals surface area (Å²) in [4.78, 5) is 17.3. The number of benzene rings is 2. The van der Waals surface area contributed by atoms with Gasteiger partial charge in [-0.3, -0.25) is 9.36 Å². The molecule has 4 aromatic rings. The van der Waals surface area contributed by atoms with Gasteiger partial charge in [0, 0.05) is 12.0 Å². The van der Waals surface area contributed by atoms with Crippen LogP contribution in [0.1, 0.15) is 31.2 Å². The molecular weight excluding hydrogens is 392 g/mol. The van der Waals surface area contributed by atoms with Gasteiger partial charge in [0.05, 0.1) is 19.9 Å². The van der Waals surface area contributed by atoms with Crippen molar-refractivity contribution in [3.05, 3.63) is 76.5 Å². The third kappa shape index (κ3) is 4.37. The third-order valence-electron chi connectivity index (χ3n) is 5.21. The Labute approximate surface area is 179 Å². The quantitative estimate of drug-likeness (QED) is 0.472. The monoisotopic (exact) mass is 416 g/mol. The lowest BCUT2D eigenvalue weighted by atomic mass is 9.98. The molecule has 0 saturated heterocycles. The van der Waals surface area contributed by atoms with Gasteiger partial charge in [0.15, 0.2) is 5.82 Å². The summed E-state index contributed by atoms with van der Waals surface area (Å²) in [5.74, 6) is 1.65. The molecule has 0 amide bonds. The molecule has 0 spiro atoms. The summed E-state index contributed by atoms with van der Waals surface area (Å²) in [5.41, 5.74) is 3.85. The number of aromatic nitrogens is 6. The first kappa shape index (κ1) is 20.5. The lowest BCUT2D eigenvalue weighted by Gasteiger charge is -2.14. The maximum absolute atomic E-state index is 12.8. The van der Waals surface area contributed by atoms with Crippen molar-refractivity contribution in [1.82, 2.24) is 30.2 Å². The van der Waals surface area contributed by atoms with E-state index in [9.17, 15) is 4.79 Å². The molecule has 0 aliphatic carbocycles. The Kier molecular flexibility index (Phi) is 6.16. The van der Waals surface area contributed by atoms with E-state index < -0.39 is 0 Å². The molecule has 0 atom stereocenters. The fourth-order valence-electron chi connectivity index (χ4n) is 3.53. The predicted molar refractivity (Wildman–Crippen MR) is 118 cm³/mol. The molecule has 0 aliphatic rings. The molecule has 0 saturated carbocycles. The van der Waals surface area contributed by atoms with Gasteiger partial charge < -0.3 is 4.74 Å². The highest BCUT2D eigenvalue weighted by Gasteiger charge is 2.13. The van der Waals surface area contributed by atoms with Crippen LogP contribution in [0.4, 0.5) is 0 Å². The van der Waals surface area contributed by atoms with Crippen LogP contribution in [0.25, 0.3) is 22.5 Å². The predicted octanol–water partition coefficient (Wildman–Crippen LogP) is 3.49. The van der Waals surface area contributed by atoms with Gasteiger partial charge in [-0.2, -0.15) is 0 Å². The topological polar surface area (TPSA) is 98.6 Å². The standard InChI is InChI=1S/C23H24N6O2/c1-3-4-9-21-24-14-20(31-2)23(30)29(21)15-16-10-12-17(13-11-16)18-7-5-6-8-19(18)22-25-27-28-26-22/h5-8,10-14H,3-4,9,15H2,1-2H3,(H,25,26,27,28). The van der Waals surface area contributed by atoms with Crippen molar-refractivity contribution in [1.29, 1.82) is 0 Å². The second-order valence-electron chi connectivity index (χ2n) is 7.23. The Morgan fingerprint density at radius 3 is 2.52 bits per heavy atom. The molecule has 158 valence electrons. The Balaban J connectivity index is 1.65. The number of nitrogens with one attached hydrogen (secondary N) is 1. The molecule has 0 fully saturated rings. The lowest BCUT2D eigenvalue weighted by molar-refractivity contribution is 0.398. The van der Waals surface area contributed by atoms with E-state index in [2.05, 4.69) is 32.5 Å². The van der Waals surface area contributed by atoms with Gasteiger partial charge in [-0.05, 0) is 33.5 Å². The summed E-state index contributed by atoms with van der Waals surface area (Å²) in [6.07, 6.45) is 4.29. The summed E-state index contributed by atoms with van der Waals surface area (Å²) in [7, 11) is 1.49. The third-order valence-corrected chi connectivity index (χ3v) is 5.21. The summed E-state index contributed by atoms with van der Waals surface area (Å²) >= 11 is 0. The van der Waals surface area contributed by atoms with Gasteiger partial charge >= 0.3 is 0 Å². The Morgan fingerprint density at radius 1 is 1.06 bits per heavy atom. The SMILES string of the molecule is CCCCc1ncc(OC)c(=O)n1Cc1ccc(-c2ccccc2-c2nnn[nH]2)cc1. The largest absolute Gasteiger partial charge is 0.490 e. The smallest absolute Gasteiger partial charge is 0.296 e. The highest BCUT2D eigenvalue weighted by molar-refractivity contribution is 5.80. The number of aromatic amines is 1. The summed E-state index contributed by atoms with van der Waals surface area (Å²) in [5, 5.41) is 14.2. The van der Waals surface area contributed by atoms with Gasteiger partial charge in [0.25, 0.3) is 5.56 Å². The average Bonchev–Trinajstić information content (AvgIpc) is 3.35. The number of tetrazole rings is 1. The number of nitrogens with zero attached hydrogens (tertiary/aromatic N) is 5. The van der Waals surface area contributed by atoms with Crippen molar-refractivity contribution >= 4 is 0 Å². The highest BCUT2D eigenvalue weighted by Crippen LogP contribution is 2.29. The van der Waals surface area contributed by atoms with Crippen LogP contribution in [-0.4, -0.2) is 37.3 Å². The first-order chi connectivity index (χ1) is 15.2. The minimum absolute atomic E-state index is 0.157. The molecule has 2 aromatic carbocycles. The molecule has 1 N–H and O–H groups in total. The number of ether oxygens (including phenoxy) is 1. The summed E-state index contributed by atoms with van der Waals surface area (Å²) in [6.45, 7) is 2.56. The number of aryl methyl sites for hydroxylation is 1. The van der Waals surface area contributed by atoms with Crippen LogP contribution in [0, 0.1) is 0 Å². The van der Waals surface area contributed by atoms with E-state index in [4.69, 9.17) is 4.74 Å². The average molecular weight is 416 g/mol. The molecule has 0 radical (unpaired) electrons. The van der Waals surface area contributed by atoms with Crippen LogP contribution < -0.4 is 10.3 Å². The van der Waals surface area contributed by atoms with Crippen molar-refractivity contribution in [2.75, 3.05) is 7.11 Å². The Hall–Kier alpha value is -3.81. The van der Waals surface area contributed by atoms with E-state index in [1.54, 1.807) is 4.57 Å². The van der Waals surface area contributed by atoms with Crippen molar-refractivity contribution < 1.29 is 4.74 Å². The number of hydrogen-bond donors (Lipinski definition) is 1. The normalized spacial score (nSPS) is 10.9. The van der Waals surface area contributed by atoms with Gasteiger partial charge in [0.2, 0.25) is 5.75 Å². The lowest BCUT2D eigenvalue weighted by Crippen LogP contribution is -2.26. The number of hydrogen-bond acceptors (Lipinski definition) is 6. The van der Waals surface area contributed by atoms with Gasteiger partial charge in [0.1, 0.15) is 5.82 Å². The zero-order valence-corrected chi connectivity index (χ0v) is 17.6. The molecule has 31 heavy (non-hydrogen) atoms. The molecular formula is C23H24N6O2. The van der Waals surface area contributed by atoms with E-state index in [0.717, 1.165) is 47.3 Å². The zero-order valence-electron chi connectivity index (χ0n) is 17.6. The molecule has 0 bridgehead atoms. The van der Waals surface area contributed by atoms with Crippen LogP contribution in [0.2, 0.25) is 0 Å². The maximum atomic E-state index is 12.8. The molecule has 2 heterocycles. The fourth-order valence-corrected chi connectivity index (χ4v) is 3.53. The van der Waals surface area contributed by atoms with E-state index in [-0.39, 0.29) is 11.3 Å². The first-order valence-electron chi connectivity index (χ1n) is 10.3. The molecule has 8 nitrogen and oxygen atoms in total. The maximum Gasteiger partial charge on any atom is 0.296 e. The Bertz CT molecular complexity index is 1200. The van der Waals surface area contributed by atoms with E-state index in [0.29, 0.717) is 12.4 Å². The number of rotatable bonds is 8. The second kappa shape index (κ2) is 9.34. The fraction of sp³-hybridized carbons (Fsp3) is 0.261. The zero-order chi connectivity index (χ0) is 21.6. The van der Waals surface area contributed by atoms with Crippen molar-refractivity contribution in [2.24, 2.45) is 0 Å². The number of methoxy groups -OCH3 is 1. The Morgan fingerprint density at radius 2 is 1.84 bits per heavy atom.